The van der Waals surface area contributed by atoms with E-state index in [0.29, 0.717) is 10.8 Å². The Morgan fingerprint density at radius 3 is 2.52 bits per heavy atom. The molecule has 1 N–H and O–H groups in total. The number of benzene rings is 2. The minimum absolute atomic E-state index is 0.0921. The predicted octanol–water partition coefficient (Wildman–Crippen LogP) is 5.17. The molecular formula is C17H17ClO3. The Labute approximate surface area is 129 Å². The molecule has 0 aliphatic rings. The van der Waals surface area contributed by atoms with E-state index in [0.717, 1.165) is 19.3 Å². The Bertz CT molecular complexity index is 620. The highest BCUT2D eigenvalue weighted by atomic mass is 35.5. The van der Waals surface area contributed by atoms with Crippen molar-refractivity contribution < 1.29 is 14.6 Å². The number of carboxylic acids is 1. The normalized spacial score (nSPS) is 10.4. The maximum Gasteiger partial charge on any atom is 0.339 e. The predicted molar refractivity (Wildman–Crippen MR) is 83.5 cm³/mol. The lowest BCUT2D eigenvalue weighted by Crippen LogP contribution is -1.99. The molecule has 0 atom stereocenters. The third kappa shape index (κ3) is 4.23. The SMILES string of the molecule is CCCCc1ccc(Oc2cc(Cl)ccc2C(=O)O)cc1. The number of carbonyl (C=O) groups is 1. The number of aryl methyl sites for hydroxylation is 1. The average Bonchev–Trinajstić information content (AvgIpc) is 2.46. The van der Waals surface area contributed by atoms with Gasteiger partial charge in [0, 0.05) is 11.1 Å². The Morgan fingerprint density at radius 1 is 1.19 bits per heavy atom. The van der Waals surface area contributed by atoms with Crippen LogP contribution in [0.1, 0.15) is 35.7 Å². The highest BCUT2D eigenvalue weighted by Crippen LogP contribution is 2.28. The standard InChI is InChI=1S/C17H17ClO3/c1-2-3-4-12-5-8-14(9-6-12)21-16-11-13(18)7-10-15(16)17(19)20/h5-11H,2-4H2,1H3,(H,19,20). The molecule has 0 fully saturated rings. The second-order valence-electron chi connectivity index (χ2n) is 4.80. The molecule has 0 saturated carbocycles. The van der Waals surface area contributed by atoms with E-state index < -0.39 is 5.97 Å². The maximum atomic E-state index is 11.2. The highest BCUT2D eigenvalue weighted by Gasteiger charge is 2.12. The van der Waals surface area contributed by atoms with Crippen LogP contribution in [0.25, 0.3) is 0 Å². The van der Waals surface area contributed by atoms with Crippen molar-refractivity contribution in [1.29, 1.82) is 0 Å². The van der Waals surface area contributed by atoms with E-state index in [2.05, 4.69) is 6.92 Å². The lowest BCUT2D eigenvalue weighted by molar-refractivity contribution is 0.0694. The first-order valence-corrected chi connectivity index (χ1v) is 7.27. The number of carboxylic acid groups (broad SMARTS) is 1. The Morgan fingerprint density at radius 2 is 1.90 bits per heavy atom. The molecule has 0 amide bonds. The summed E-state index contributed by atoms with van der Waals surface area (Å²) in [5, 5.41) is 9.59. The minimum atomic E-state index is -1.04. The number of hydrogen-bond donors (Lipinski definition) is 1. The highest BCUT2D eigenvalue weighted by molar-refractivity contribution is 6.30. The van der Waals surface area contributed by atoms with E-state index in [1.807, 2.05) is 24.3 Å². The van der Waals surface area contributed by atoms with Gasteiger partial charge in [0.1, 0.15) is 17.1 Å². The van der Waals surface area contributed by atoms with Gasteiger partial charge in [-0.2, -0.15) is 0 Å². The first-order valence-electron chi connectivity index (χ1n) is 6.90. The molecule has 2 rings (SSSR count). The van der Waals surface area contributed by atoms with Crippen molar-refractivity contribution in [2.24, 2.45) is 0 Å². The molecule has 0 heterocycles. The van der Waals surface area contributed by atoms with E-state index in [9.17, 15) is 4.79 Å². The number of ether oxygens (including phenoxy) is 1. The molecule has 0 aromatic heterocycles. The fourth-order valence-electron chi connectivity index (χ4n) is 1.99. The van der Waals surface area contributed by atoms with Gasteiger partial charge in [0.15, 0.2) is 0 Å². The van der Waals surface area contributed by atoms with Crippen LogP contribution in [-0.2, 0) is 6.42 Å². The first-order chi connectivity index (χ1) is 10.1. The van der Waals surface area contributed by atoms with Crippen molar-refractivity contribution >= 4 is 17.6 Å². The average molecular weight is 305 g/mol. The van der Waals surface area contributed by atoms with E-state index in [1.165, 1.54) is 23.8 Å². The summed E-state index contributed by atoms with van der Waals surface area (Å²) in [5.41, 5.74) is 1.34. The molecule has 0 bridgehead atoms. The fourth-order valence-corrected chi connectivity index (χ4v) is 2.15. The summed E-state index contributed by atoms with van der Waals surface area (Å²) < 4.78 is 5.65. The Kier molecular flexibility index (Phi) is 5.23. The second kappa shape index (κ2) is 7.14. The van der Waals surface area contributed by atoms with Gasteiger partial charge in [-0.05, 0) is 42.7 Å². The molecule has 21 heavy (non-hydrogen) atoms. The molecule has 0 spiro atoms. The van der Waals surface area contributed by atoms with Gasteiger partial charge in [0.2, 0.25) is 0 Å². The number of unbranched alkanes of at least 4 members (excludes halogenated alkanes) is 1. The lowest BCUT2D eigenvalue weighted by Gasteiger charge is -2.10. The zero-order valence-corrected chi connectivity index (χ0v) is 12.6. The Hall–Kier alpha value is -2.00. The monoisotopic (exact) mass is 304 g/mol. The molecule has 110 valence electrons. The van der Waals surface area contributed by atoms with Gasteiger partial charge < -0.3 is 9.84 Å². The molecule has 0 unspecified atom stereocenters. The largest absolute Gasteiger partial charge is 0.478 e. The number of aromatic carboxylic acids is 1. The molecule has 0 saturated heterocycles. The quantitative estimate of drug-likeness (QED) is 0.800. The van der Waals surface area contributed by atoms with Crippen LogP contribution in [0.15, 0.2) is 42.5 Å². The van der Waals surface area contributed by atoms with Crippen molar-refractivity contribution in [2.75, 3.05) is 0 Å². The van der Waals surface area contributed by atoms with E-state index >= 15 is 0 Å². The van der Waals surface area contributed by atoms with Gasteiger partial charge >= 0.3 is 5.97 Å². The summed E-state index contributed by atoms with van der Waals surface area (Å²) in [6.07, 6.45) is 3.34. The van der Waals surface area contributed by atoms with Crippen LogP contribution in [0.5, 0.6) is 11.5 Å². The van der Waals surface area contributed by atoms with E-state index in [-0.39, 0.29) is 11.3 Å². The first kappa shape index (κ1) is 15.4. The summed E-state index contributed by atoms with van der Waals surface area (Å²) in [6, 6.07) is 12.2. The molecule has 2 aromatic rings. The molecule has 4 heteroatoms. The van der Waals surface area contributed by atoms with Gasteiger partial charge in [0.25, 0.3) is 0 Å². The molecule has 0 radical (unpaired) electrons. The van der Waals surface area contributed by atoms with Gasteiger partial charge in [-0.1, -0.05) is 37.1 Å². The summed E-state index contributed by atoms with van der Waals surface area (Å²) in [5.74, 6) is -0.197. The molecule has 0 aliphatic carbocycles. The van der Waals surface area contributed by atoms with Crippen LogP contribution in [0.4, 0.5) is 0 Å². The zero-order chi connectivity index (χ0) is 15.2. The lowest BCUT2D eigenvalue weighted by atomic mass is 10.1. The molecular weight excluding hydrogens is 288 g/mol. The number of halogens is 1. The van der Waals surface area contributed by atoms with Crippen molar-refractivity contribution in [3.05, 3.63) is 58.6 Å². The summed E-state index contributed by atoms with van der Waals surface area (Å²) in [6.45, 7) is 2.16. The van der Waals surface area contributed by atoms with Gasteiger partial charge in [-0.25, -0.2) is 4.79 Å². The van der Waals surface area contributed by atoms with Crippen LogP contribution >= 0.6 is 11.6 Å². The number of hydrogen-bond acceptors (Lipinski definition) is 2. The maximum absolute atomic E-state index is 11.2. The molecule has 2 aromatic carbocycles. The van der Waals surface area contributed by atoms with Gasteiger partial charge in [-0.15, -0.1) is 0 Å². The van der Waals surface area contributed by atoms with Crippen LogP contribution in [0.2, 0.25) is 5.02 Å². The van der Waals surface area contributed by atoms with Crippen molar-refractivity contribution in [2.45, 2.75) is 26.2 Å². The fraction of sp³-hybridized carbons (Fsp3) is 0.235. The van der Waals surface area contributed by atoms with E-state index in [4.69, 9.17) is 21.4 Å². The minimum Gasteiger partial charge on any atom is -0.478 e. The van der Waals surface area contributed by atoms with Crippen LogP contribution in [0.3, 0.4) is 0 Å². The van der Waals surface area contributed by atoms with Crippen molar-refractivity contribution in [3.63, 3.8) is 0 Å². The smallest absolute Gasteiger partial charge is 0.339 e. The molecule has 3 nitrogen and oxygen atoms in total. The zero-order valence-electron chi connectivity index (χ0n) is 11.8. The Balaban J connectivity index is 2.18. The summed E-state index contributed by atoms with van der Waals surface area (Å²) >= 11 is 5.90. The van der Waals surface area contributed by atoms with Gasteiger partial charge in [0.05, 0.1) is 0 Å². The third-order valence-corrected chi connectivity index (χ3v) is 3.38. The van der Waals surface area contributed by atoms with Gasteiger partial charge in [-0.3, -0.25) is 0 Å². The van der Waals surface area contributed by atoms with Crippen molar-refractivity contribution in [1.82, 2.24) is 0 Å². The number of rotatable bonds is 6. The molecule has 0 aliphatic heterocycles. The summed E-state index contributed by atoms with van der Waals surface area (Å²) in [4.78, 5) is 11.2. The van der Waals surface area contributed by atoms with E-state index in [1.54, 1.807) is 0 Å². The van der Waals surface area contributed by atoms with Crippen LogP contribution < -0.4 is 4.74 Å². The summed E-state index contributed by atoms with van der Waals surface area (Å²) in [7, 11) is 0. The van der Waals surface area contributed by atoms with Crippen LogP contribution in [0, 0.1) is 0 Å². The van der Waals surface area contributed by atoms with Crippen LogP contribution in [-0.4, -0.2) is 11.1 Å². The third-order valence-electron chi connectivity index (χ3n) is 3.14. The van der Waals surface area contributed by atoms with Crippen molar-refractivity contribution in [3.8, 4) is 11.5 Å². The topological polar surface area (TPSA) is 46.5 Å². The second-order valence-corrected chi connectivity index (χ2v) is 5.23.